The first-order chi connectivity index (χ1) is 10.6. The molecule has 22 heavy (non-hydrogen) atoms. The van der Waals surface area contributed by atoms with Gasteiger partial charge in [-0.25, -0.2) is 0 Å². The summed E-state index contributed by atoms with van der Waals surface area (Å²) in [5.74, 6) is 1.03. The molecule has 0 aliphatic rings. The normalized spacial score (nSPS) is 11.8. The molecule has 3 heteroatoms. The Hall–Kier alpha value is -1.87. The van der Waals surface area contributed by atoms with Gasteiger partial charge in [-0.1, -0.05) is 63.2 Å². The Labute approximate surface area is 136 Å². The van der Waals surface area contributed by atoms with Gasteiger partial charge in [-0.2, -0.15) is 4.37 Å². The van der Waals surface area contributed by atoms with E-state index in [1.807, 2.05) is 0 Å². The second-order valence-electron chi connectivity index (χ2n) is 6.28. The lowest BCUT2D eigenvalue weighted by molar-refractivity contribution is 0.557. The third kappa shape index (κ3) is 2.86. The van der Waals surface area contributed by atoms with Gasteiger partial charge in [-0.05, 0) is 35.1 Å². The topological polar surface area (TPSA) is 24.9 Å². The van der Waals surface area contributed by atoms with Crippen molar-refractivity contribution in [1.29, 1.82) is 0 Å². The number of aromatic nitrogens is 1. The molecule has 3 rings (SSSR count). The van der Waals surface area contributed by atoms with Crippen molar-refractivity contribution in [3.8, 4) is 0 Å². The third-order valence-electron chi connectivity index (χ3n) is 4.22. The number of nitrogens with one attached hydrogen (secondary N) is 1. The van der Waals surface area contributed by atoms with Crippen molar-refractivity contribution >= 4 is 27.4 Å². The molecule has 0 radical (unpaired) electrons. The number of hydrogen-bond acceptors (Lipinski definition) is 3. The molecule has 0 saturated carbocycles. The van der Waals surface area contributed by atoms with Crippen LogP contribution in [0.3, 0.4) is 0 Å². The summed E-state index contributed by atoms with van der Waals surface area (Å²) in [6, 6.07) is 17.1. The highest BCUT2D eigenvalue weighted by Crippen LogP contribution is 2.31. The van der Waals surface area contributed by atoms with Gasteiger partial charge in [0, 0.05) is 17.3 Å². The molecule has 1 heterocycles. The number of rotatable bonds is 5. The average molecular weight is 310 g/mol. The molecular formula is C19H22N2S. The molecule has 0 amide bonds. The van der Waals surface area contributed by atoms with E-state index in [4.69, 9.17) is 0 Å². The molecule has 0 saturated heterocycles. The van der Waals surface area contributed by atoms with Gasteiger partial charge in [-0.3, -0.25) is 0 Å². The lowest BCUT2D eigenvalue weighted by Gasteiger charge is -2.25. The zero-order chi connectivity index (χ0) is 15.6. The van der Waals surface area contributed by atoms with Crippen LogP contribution in [-0.2, 0) is 11.8 Å². The van der Waals surface area contributed by atoms with Crippen LogP contribution >= 0.6 is 11.5 Å². The van der Waals surface area contributed by atoms with Crippen LogP contribution in [0.5, 0.6) is 0 Å². The first kappa shape index (κ1) is 15.0. The Morgan fingerprint density at radius 1 is 1.05 bits per heavy atom. The molecule has 0 aliphatic carbocycles. The Kier molecular flexibility index (Phi) is 4.16. The number of fused-ring (bicyclic) bond motifs is 1. The molecule has 114 valence electrons. The predicted molar refractivity (Wildman–Crippen MR) is 97.0 cm³/mol. The summed E-state index contributed by atoms with van der Waals surface area (Å²) in [5, 5.41) is 4.87. The van der Waals surface area contributed by atoms with Gasteiger partial charge in [0.05, 0.1) is 4.70 Å². The van der Waals surface area contributed by atoms with Gasteiger partial charge in [0.25, 0.3) is 0 Å². The van der Waals surface area contributed by atoms with Crippen LogP contribution in [0.15, 0.2) is 48.5 Å². The molecule has 0 aliphatic heterocycles. The zero-order valence-electron chi connectivity index (χ0n) is 13.4. The highest BCUT2D eigenvalue weighted by Gasteiger charge is 2.21. The van der Waals surface area contributed by atoms with E-state index in [1.165, 1.54) is 21.2 Å². The Morgan fingerprint density at radius 3 is 2.55 bits per heavy atom. The Bertz CT molecular complexity index is 759. The van der Waals surface area contributed by atoms with Crippen molar-refractivity contribution in [3.05, 3.63) is 59.7 Å². The van der Waals surface area contributed by atoms with Crippen molar-refractivity contribution in [2.24, 2.45) is 0 Å². The molecule has 0 spiro atoms. The van der Waals surface area contributed by atoms with Crippen LogP contribution in [-0.4, -0.2) is 10.9 Å². The van der Waals surface area contributed by atoms with E-state index in [2.05, 4.69) is 79.0 Å². The van der Waals surface area contributed by atoms with Crippen LogP contribution in [0, 0.1) is 0 Å². The van der Waals surface area contributed by atoms with Gasteiger partial charge in [0.1, 0.15) is 5.82 Å². The second kappa shape index (κ2) is 6.09. The first-order valence-corrected chi connectivity index (χ1v) is 8.56. The Balaban J connectivity index is 1.85. The number of nitrogens with zero attached hydrogens (tertiary/aromatic N) is 1. The standard InChI is InChI=1S/C19H22N2S/c1-4-14-9-8-12-16-17(14)18(21-22-16)20-13-19(2,3)15-10-6-5-7-11-15/h5-12H,4,13H2,1-3H3,(H,20,21). The largest absolute Gasteiger partial charge is 0.368 e. The maximum absolute atomic E-state index is 4.63. The van der Waals surface area contributed by atoms with Crippen molar-refractivity contribution in [2.75, 3.05) is 11.9 Å². The van der Waals surface area contributed by atoms with Gasteiger partial charge >= 0.3 is 0 Å². The monoisotopic (exact) mass is 310 g/mol. The molecular weight excluding hydrogens is 288 g/mol. The summed E-state index contributed by atoms with van der Waals surface area (Å²) in [4.78, 5) is 0. The molecule has 2 aromatic carbocycles. The van der Waals surface area contributed by atoms with E-state index in [-0.39, 0.29) is 5.41 Å². The van der Waals surface area contributed by atoms with Crippen molar-refractivity contribution in [3.63, 3.8) is 0 Å². The number of aryl methyl sites for hydroxylation is 1. The number of anilines is 1. The van der Waals surface area contributed by atoms with Crippen LogP contribution in [0.1, 0.15) is 31.9 Å². The van der Waals surface area contributed by atoms with Gasteiger partial charge < -0.3 is 5.32 Å². The molecule has 0 unspecified atom stereocenters. The van der Waals surface area contributed by atoms with Crippen molar-refractivity contribution in [1.82, 2.24) is 4.37 Å². The van der Waals surface area contributed by atoms with E-state index >= 15 is 0 Å². The van der Waals surface area contributed by atoms with Crippen LogP contribution in [0.4, 0.5) is 5.82 Å². The molecule has 1 aromatic heterocycles. The fraction of sp³-hybridized carbons (Fsp3) is 0.316. The average Bonchev–Trinajstić information content (AvgIpc) is 2.97. The quantitative estimate of drug-likeness (QED) is 0.696. The highest BCUT2D eigenvalue weighted by atomic mass is 32.1. The molecule has 1 N–H and O–H groups in total. The third-order valence-corrected chi connectivity index (χ3v) is 5.03. The molecule has 2 nitrogen and oxygen atoms in total. The molecule has 3 aromatic rings. The fourth-order valence-electron chi connectivity index (χ4n) is 2.77. The minimum atomic E-state index is 0.0678. The van der Waals surface area contributed by atoms with Gasteiger partial charge in [-0.15, -0.1) is 0 Å². The van der Waals surface area contributed by atoms with E-state index in [9.17, 15) is 0 Å². The minimum Gasteiger partial charge on any atom is -0.368 e. The minimum absolute atomic E-state index is 0.0678. The van der Waals surface area contributed by atoms with Gasteiger partial charge in [0.2, 0.25) is 0 Å². The van der Waals surface area contributed by atoms with Gasteiger partial charge in [0.15, 0.2) is 0 Å². The second-order valence-corrected chi connectivity index (χ2v) is 7.08. The summed E-state index contributed by atoms with van der Waals surface area (Å²) >= 11 is 1.58. The summed E-state index contributed by atoms with van der Waals surface area (Å²) in [5.41, 5.74) is 2.78. The van der Waals surface area contributed by atoms with E-state index in [1.54, 1.807) is 11.5 Å². The molecule has 0 fully saturated rings. The maximum atomic E-state index is 4.63. The molecule has 0 atom stereocenters. The SMILES string of the molecule is CCc1cccc2snc(NCC(C)(C)c3ccccc3)c12. The lowest BCUT2D eigenvalue weighted by Crippen LogP contribution is -2.27. The fourth-order valence-corrected chi connectivity index (χ4v) is 3.58. The predicted octanol–water partition coefficient (Wildman–Crippen LogP) is 5.25. The van der Waals surface area contributed by atoms with E-state index in [0.717, 1.165) is 18.8 Å². The number of hydrogen-bond donors (Lipinski definition) is 1. The molecule has 0 bridgehead atoms. The van der Waals surface area contributed by atoms with Crippen LogP contribution in [0.2, 0.25) is 0 Å². The lowest BCUT2D eigenvalue weighted by atomic mass is 9.84. The van der Waals surface area contributed by atoms with E-state index in [0.29, 0.717) is 0 Å². The summed E-state index contributed by atoms with van der Waals surface area (Å²) in [6.07, 6.45) is 1.03. The Morgan fingerprint density at radius 2 is 1.82 bits per heavy atom. The summed E-state index contributed by atoms with van der Waals surface area (Å²) < 4.78 is 5.89. The van der Waals surface area contributed by atoms with E-state index < -0.39 is 0 Å². The first-order valence-electron chi connectivity index (χ1n) is 7.78. The zero-order valence-corrected chi connectivity index (χ0v) is 14.2. The smallest absolute Gasteiger partial charge is 0.147 e. The summed E-state index contributed by atoms with van der Waals surface area (Å²) in [7, 11) is 0. The maximum Gasteiger partial charge on any atom is 0.147 e. The van der Waals surface area contributed by atoms with Crippen molar-refractivity contribution < 1.29 is 0 Å². The highest BCUT2D eigenvalue weighted by molar-refractivity contribution is 7.13. The van der Waals surface area contributed by atoms with Crippen LogP contribution < -0.4 is 5.32 Å². The van der Waals surface area contributed by atoms with Crippen LogP contribution in [0.25, 0.3) is 10.1 Å². The number of benzene rings is 2. The van der Waals surface area contributed by atoms with Crippen molar-refractivity contribution in [2.45, 2.75) is 32.6 Å². The summed E-state index contributed by atoms with van der Waals surface area (Å²) in [6.45, 7) is 7.60.